The highest BCUT2D eigenvalue weighted by Gasteiger charge is 2.42. The highest BCUT2D eigenvalue weighted by Crippen LogP contribution is 2.45. The number of hydrogen-bond donors (Lipinski definition) is 1. The van der Waals surface area contributed by atoms with Gasteiger partial charge in [0.15, 0.2) is 0 Å². The molecular formula is C22H24ClNO. The van der Waals surface area contributed by atoms with Gasteiger partial charge in [0.1, 0.15) is 0 Å². The molecule has 1 atom stereocenters. The van der Waals surface area contributed by atoms with E-state index in [4.69, 9.17) is 11.6 Å². The van der Waals surface area contributed by atoms with Crippen molar-refractivity contribution in [2.24, 2.45) is 0 Å². The van der Waals surface area contributed by atoms with Gasteiger partial charge in [0.05, 0.1) is 5.60 Å². The molecule has 5 rings (SSSR count). The number of halogens is 1. The molecule has 1 saturated carbocycles. The zero-order valence-corrected chi connectivity index (χ0v) is 15.4. The topological polar surface area (TPSA) is 23.5 Å². The fourth-order valence-corrected chi connectivity index (χ4v) is 4.97. The van der Waals surface area contributed by atoms with Crippen LogP contribution in [0.4, 0.5) is 0 Å². The first kappa shape index (κ1) is 15.9. The summed E-state index contributed by atoms with van der Waals surface area (Å²) < 4.78 is 0. The van der Waals surface area contributed by atoms with Crippen molar-refractivity contribution in [3.8, 4) is 11.1 Å². The first-order valence-electron chi connectivity index (χ1n) is 9.39. The lowest BCUT2D eigenvalue weighted by Crippen LogP contribution is -2.60. The average molecular weight is 354 g/mol. The molecule has 25 heavy (non-hydrogen) atoms. The van der Waals surface area contributed by atoms with E-state index < -0.39 is 5.60 Å². The molecule has 3 heteroatoms. The number of benzene rings is 2. The molecule has 0 radical (unpaired) electrons. The van der Waals surface area contributed by atoms with Crippen LogP contribution in [-0.2, 0) is 6.42 Å². The molecule has 2 aromatic rings. The summed E-state index contributed by atoms with van der Waals surface area (Å²) in [5.41, 5.74) is 6.20. The second-order valence-electron chi connectivity index (χ2n) is 8.38. The van der Waals surface area contributed by atoms with Crippen LogP contribution < -0.4 is 0 Å². The van der Waals surface area contributed by atoms with E-state index in [9.17, 15) is 5.11 Å². The molecule has 0 amide bonds. The molecule has 130 valence electrons. The number of β-amino-alcohol motifs (C(OH)–C–C–N with tert-alkyl or cyclic N) is 1. The van der Waals surface area contributed by atoms with Gasteiger partial charge in [-0.2, -0.15) is 0 Å². The molecule has 2 aliphatic carbocycles. The van der Waals surface area contributed by atoms with Gasteiger partial charge in [-0.05, 0) is 72.4 Å². The van der Waals surface area contributed by atoms with Gasteiger partial charge < -0.3 is 5.11 Å². The predicted octanol–water partition coefficient (Wildman–Crippen LogP) is 4.94. The van der Waals surface area contributed by atoms with Gasteiger partial charge in [-0.3, -0.25) is 4.90 Å². The van der Waals surface area contributed by atoms with Crippen LogP contribution in [0.15, 0.2) is 36.4 Å². The van der Waals surface area contributed by atoms with Crippen molar-refractivity contribution in [2.75, 3.05) is 13.1 Å². The molecule has 0 bridgehead atoms. The standard InChI is InChI=1S/C22H24ClNO/c1-22(25)12-24(13-22)21-9-6-17-10-15(5-8-19(17)21)16-4-7-18(14-2-3-14)20(23)11-16/h4-5,7-8,10-11,14,21,25H,2-3,6,9,12-13H2,1H3. The summed E-state index contributed by atoms with van der Waals surface area (Å²) in [5.74, 6) is 0.691. The number of rotatable bonds is 3. The Hall–Kier alpha value is -1.35. The van der Waals surface area contributed by atoms with Gasteiger partial charge in [-0.1, -0.05) is 41.9 Å². The lowest BCUT2D eigenvalue weighted by atomic mass is 9.92. The van der Waals surface area contributed by atoms with Crippen molar-refractivity contribution in [2.45, 2.75) is 50.2 Å². The van der Waals surface area contributed by atoms with Gasteiger partial charge in [-0.25, -0.2) is 0 Å². The van der Waals surface area contributed by atoms with Gasteiger partial charge in [0, 0.05) is 24.2 Å². The van der Waals surface area contributed by atoms with Crippen molar-refractivity contribution in [1.82, 2.24) is 4.90 Å². The van der Waals surface area contributed by atoms with Crippen LogP contribution >= 0.6 is 11.6 Å². The molecule has 2 fully saturated rings. The van der Waals surface area contributed by atoms with Gasteiger partial charge in [0.2, 0.25) is 0 Å². The summed E-state index contributed by atoms with van der Waals surface area (Å²) in [5, 5.41) is 10.9. The van der Waals surface area contributed by atoms with Crippen molar-refractivity contribution >= 4 is 11.6 Å². The Labute approximate surface area is 154 Å². The first-order valence-corrected chi connectivity index (χ1v) is 9.77. The van der Waals surface area contributed by atoms with E-state index in [1.54, 1.807) is 0 Å². The van der Waals surface area contributed by atoms with Crippen LogP contribution in [0.3, 0.4) is 0 Å². The lowest BCUT2D eigenvalue weighted by Gasteiger charge is -2.47. The van der Waals surface area contributed by atoms with E-state index in [0.29, 0.717) is 12.0 Å². The minimum Gasteiger partial charge on any atom is -0.388 e. The van der Waals surface area contributed by atoms with Crippen LogP contribution in [0.25, 0.3) is 11.1 Å². The molecule has 1 heterocycles. The zero-order valence-electron chi connectivity index (χ0n) is 14.6. The second kappa shape index (κ2) is 5.57. The Morgan fingerprint density at radius 2 is 1.68 bits per heavy atom. The summed E-state index contributed by atoms with van der Waals surface area (Å²) in [7, 11) is 0. The van der Waals surface area contributed by atoms with Crippen LogP contribution in [0, 0.1) is 0 Å². The third-order valence-corrected chi connectivity index (χ3v) is 6.40. The third kappa shape index (κ3) is 2.81. The molecule has 0 spiro atoms. The van der Waals surface area contributed by atoms with E-state index in [1.807, 2.05) is 6.92 Å². The van der Waals surface area contributed by atoms with E-state index in [-0.39, 0.29) is 0 Å². The van der Waals surface area contributed by atoms with E-state index in [0.717, 1.165) is 31.0 Å². The summed E-state index contributed by atoms with van der Waals surface area (Å²) in [6.07, 6.45) is 4.85. The minimum absolute atomic E-state index is 0.477. The molecule has 1 saturated heterocycles. The summed E-state index contributed by atoms with van der Waals surface area (Å²) in [6.45, 7) is 3.51. The zero-order chi connectivity index (χ0) is 17.2. The number of aliphatic hydroxyl groups is 1. The molecule has 0 aromatic heterocycles. The monoisotopic (exact) mass is 353 g/mol. The third-order valence-electron chi connectivity index (χ3n) is 6.07. The SMILES string of the molecule is CC1(O)CN(C2CCc3cc(-c4ccc(C5CC5)c(Cl)c4)ccc32)C1. The Morgan fingerprint density at radius 3 is 2.32 bits per heavy atom. The Bertz CT molecular complexity index is 832. The summed E-state index contributed by atoms with van der Waals surface area (Å²) >= 11 is 6.52. The fraction of sp³-hybridized carbons (Fsp3) is 0.455. The highest BCUT2D eigenvalue weighted by molar-refractivity contribution is 6.31. The highest BCUT2D eigenvalue weighted by atomic mass is 35.5. The van der Waals surface area contributed by atoms with Crippen molar-refractivity contribution in [1.29, 1.82) is 0 Å². The van der Waals surface area contributed by atoms with E-state index in [2.05, 4.69) is 41.3 Å². The molecule has 2 aromatic carbocycles. The van der Waals surface area contributed by atoms with E-state index in [1.165, 1.54) is 40.7 Å². The molecule has 1 aliphatic heterocycles. The second-order valence-corrected chi connectivity index (χ2v) is 8.79. The predicted molar refractivity (Wildman–Crippen MR) is 102 cm³/mol. The van der Waals surface area contributed by atoms with Crippen LogP contribution in [-0.4, -0.2) is 28.7 Å². The van der Waals surface area contributed by atoms with E-state index >= 15 is 0 Å². The number of likely N-dealkylation sites (tertiary alicyclic amines) is 1. The molecular weight excluding hydrogens is 330 g/mol. The van der Waals surface area contributed by atoms with Crippen molar-refractivity contribution < 1.29 is 5.11 Å². The van der Waals surface area contributed by atoms with Gasteiger partial charge in [-0.15, -0.1) is 0 Å². The van der Waals surface area contributed by atoms with Crippen molar-refractivity contribution in [3.05, 3.63) is 58.1 Å². The maximum atomic E-state index is 10.0. The quantitative estimate of drug-likeness (QED) is 0.844. The van der Waals surface area contributed by atoms with Crippen LogP contribution in [0.5, 0.6) is 0 Å². The largest absolute Gasteiger partial charge is 0.388 e. The molecule has 1 N–H and O–H groups in total. The number of hydrogen-bond acceptors (Lipinski definition) is 2. The summed E-state index contributed by atoms with van der Waals surface area (Å²) in [4.78, 5) is 2.41. The van der Waals surface area contributed by atoms with Gasteiger partial charge in [0.25, 0.3) is 0 Å². The van der Waals surface area contributed by atoms with Crippen LogP contribution in [0.1, 0.15) is 54.8 Å². The maximum Gasteiger partial charge on any atom is 0.0872 e. The maximum absolute atomic E-state index is 10.0. The lowest BCUT2D eigenvalue weighted by molar-refractivity contribution is -0.103. The number of fused-ring (bicyclic) bond motifs is 1. The molecule has 1 unspecified atom stereocenters. The summed E-state index contributed by atoms with van der Waals surface area (Å²) in [6, 6.07) is 13.9. The molecule has 3 aliphatic rings. The normalized spacial score (nSPS) is 24.8. The van der Waals surface area contributed by atoms with Crippen LogP contribution in [0.2, 0.25) is 5.02 Å². The first-order chi connectivity index (χ1) is 12.0. The van der Waals surface area contributed by atoms with Gasteiger partial charge >= 0.3 is 0 Å². The Kier molecular flexibility index (Phi) is 3.54. The Morgan fingerprint density at radius 1 is 1.00 bits per heavy atom. The van der Waals surface area contributed by atoms with Crippen molar-refractivity contribution in [3.63, 3.8) is 0 Å². The minimum atomic E-state index is -0.497. The molecule has 2 nitrogen and oxygen atoms in total. The number of aryl methyl sites for hydroxylation is 1. The number of nitrogens with zero attached hydrogens (tertiary/aromatic N) is 1. The smallest absolute Gasteiger partial charge is 0.0872 e. The Balaban J connectivity index is 1.41. The average Bonchev–Trinajstić information content (AvgIpc) is 3.31. The fourth-order valence-electron chi connectivity index (χ4n) is 4.64.